The van der Waals surface area contributed by atoms with Gasteiger partial charge in [-0.05, 0) is 30.3 Å². The van der Waals surface area contributed by atoms with Crippen molar-refractivity contribution in [2.75, 3.05) is 14.2 Å². The van der Waals surface area contributed by atoms with E-state index >= 15 is 0 Å². The average molecular weight is 451 g/mol. The normalized spacial score (nSPS) is 12.1. The molecule has 7 nitrogen and oxygen atoms in total. The van der Waals surface area contributed by atoms with Crippen LogP contribution in [0, 0.1) is 0 Å². The summed E-state index contributed by atoms with van der Waals surface area (Å²) >= 11 is 0. The predicted octanol–water partition coefficient (Wildman–Crippen LogP) is 4.33. The van der Waals surface area contributed by atoms with Crippen LogP contribution >= 0.6 is 0 Å². The zero-order valence-electron chi connectivity index (χ0n) is 18.2. The van der Waals surface area contributed by atoms with E-state index in [1.807, 2.05) is 12.1 Å². The Hall–Kier alpha value is -4.65. The Kier molecular flexibility index (Phi) is 4.22. The number of rotatable bonds is 3. The number of carbonyl (C=O) groups excluding carboxylic acids is 1. The SMILES string of the molecule is COc1ccc2c3c(n(-c4ccc5occc(=O)c5c4)c(=O)c2c1OC)-c1ccccc1C3=O. The van der Waals surface area contributed by atoms with Crippen molar-refractivity contribution in [3.63, 3.8) is 0 Å². The van der Waals surface area contributed by atoms with Gasteiger partial charge in [-0.2, -0.15) is 0 Å². The van der Waals surface area contributed by atoms with Gasteiger partial charge in [-0.3, -0.25) is 19.0 Å². The second-order valence-electron chi connectivity index (χ2n) is 7.93. The minimum atomic E-state index is -0.395. The van der Waals surface area contributed by atoms with Gasteiger partial charge in [0.15, 0.2) is 22.7 Å². The minimum Gasteiger partial charge on any atom is -0.493 e. The monoisotopic (exact) mass is 451 g/mol. The molecule has 1 aliphatic carbocycles. The van der Waals surface area contributed by atoms with Gasteiger partial charge >= 0.3 is 0 Å². The van der Waals surface area contributed by atoms with E-state index in [4.69, 9.17) is 13.9 Å². The fourth-order valence-electron chi connectivity index (χ4n) is 4.77. The van der Waals surface area contributed by atoms with E-state index in [1.54, 1.807) is 42.5 Å². The van der Waals surface area contributed by atoms with E-state index in [9.17, 15) is 14.4 Å². The number of fused-ring (bicyclic) bond motifs is 6. The molecule has 0 radical (unpaired) electrons. The maximum absolute atomic E-state index is 14.1. The van der Waals surface area contributed by atoms with E-state index in [0.717, 1.165) is 0 Å². The van der Waals surface area contributed by atoms with E-state index in [1.165, 1.54) is 31.1 Å². The maximum atomic E-state index is 14.1. The van der Waals surface area contributed by atoms with Crippen molar-refractivity contribution < 1.29 is 18.7 Å². The molecule has 7 heteroatoms. The molecule has 1 aliphatic rings. The van der Waals surface area contributed by atoms with Gasteiger partial charge in [0.05, 0.1) is 48.2 Å². The van der Waals surface area contributed by atoms with E-state index in [-0.39, 0.29) is 22.3 Å². The fourth-order valence-corrected chi connectivity index (χ4v) is 4.77. The third-order valence-electron chi connectivity index (χ3n) is 6.25. The number of carbonyl (C=O) groups is 1. The van der Waals surface area contributed by atoms with Crippen molar-refractivity contribution in [2.45, 2.75) is 0 Å². The van der Waals surface area contributed by atoms with Gasteiger partial charge in [0.2, 0.25) is 0 Å². The van der Waals surface area contributed by atoms with Gasteiger partial charge in [0.1, 0.15) is 5.58 Å². The summed E-state index contributed by atoms with van der Waals surface area (Å²) in [5.41, 5.74) is 2.24. The first-order chi connectivity index (χ1) is 16.5. The lowest BCUT2D eigenvalue weighted by Crippen LogP contribution is -2.22. The zero-order chi connectivity index (χ0) is 23.6. The minimum absolute atomic E-state index is 0.183. The summed E-state index contributed by atoms with van der Waals surface area (Å²) in [7, 11) is 2.94. The zero-order valence-corrected chi connectivity index (χ0v) is 18.2. The molecule has 0 unspecified atom stereocenters. The first-order valence-corrected chi connectivity index (χ1v) is 10.5. The number of pyridine rings is 1. The van der Waals surface area contributed by atoms with Gasteiger partial charge in [-0.15, -0.1) is 0 Å². The van der Waals surface area contributed by atoms with Crippen LogP contribution in [0.25, 0.3) is 38.7 Å². The van der Waals surface area contributed by atoms with Crippen molar-refractivity contribution in [3.05, 3.63) is 98.6 Å². The summed E-state index contributed by atoms with van der Waals surface area (Å²) < 4.78 is 17.9. The molecule has 0 saturated heterocycles. The molecule has 3 aromatic carbocycles. The molecule has 2 heterocycles. The number of nitrogens with zero attached hydrogens (tertiary/aromatic N) is 1. The first-order valence-electron chi connectivity index (χ1n) is 10.5. The Morgan fingerprint density at radius 3 is 2.38 bits per heavy atom. The van der Waals surface area contributed by atoms with Crippen molar-refractivity contribution in [1.29, 1.82) is 0 Å². The molecule has 34 heavy (non-hydrogen) atoms. The smallest absolute Gasteiger partial charge is 0.267 e. The number of aromatic nitrogens is 1. The number of ether oxygens (including phenoxy) is 2. The number of methoxy groups -OCH3 is 2. The van der Waals surface area contributed by atoms with Crippen LogP contribution in [0.2, 0.25) is 0 Å². The largest absolute Gasteiger partial charge is 0.493 e. The summed E-state index contributed by atoms with van der Waals surface area (Å²) in [5, 5.41) is 1.04. The van der Waals surface area contributed by atoms with Crippen LogP contribution < -0.4 is 20.5 Å². The second-order valence-corrected chi connectivity index (χ2v) is 7.93. The van der Waals surface area contributed by atoms with Crippen molar-refractivity contribution >= 4 is 27.5 Å². The van der Waals surface area contributed by atoms with E-state index < -0.39 is 5.56 Å². The average Bonchev–Trinajstić information content (AvgIpc) is 3.16. The summed E-state index contributed by atoms with van der Waals surface area (Å²) in [6.07, 6.45) is 1.33. The molecule has 0 fully saturated rings. The Labute approximate surface area is 192 Å². The van der Waals surface area contributed by atoms with Crippen LogP contribution in [0.3, 0.4) is 0 Å². The Morgan fingerprint density at radius 1 is 0.824 bits per heavy atom. The van der Waals surface area contributed by atoms with Gasteiger partial charge in [0, 0.05) is 22.6 Å². The molecule has 6 rings (SSSR count). The molecule has 0 atom stereocenters. The standard InChI is InChI=1S/C27H17NO6/c1-32-21-10-8-17-22-24(15-5-3-4-6-16(15)25(22)30)28(27(31)23(17)26(21)33-2)14-7-9-20-18(13-14)19(29)11-12-34-20/h3-13H,1-2H3. The lowest BCUT2D eigenvalue weighted by Gasteiger charge is -2.18. The summed E-state index contributed by atoms with van der Waals surface area (Å²) in [5.74, 6) is 0.434. The van der Waals surface area contributed by atoms with Crippen molar-refractivity contribution in [2.24, 2.45) is 0 Å². The Balaban J connectivity index is 1.85. The topological polar surface area (TPSA) is 87.7 Å². The second kappa shape index (κ2) is 7.18. The number of hydrogen-bond acceptors (Lipinski definition) is 6. The van der Waals surface area contributed by atoms with Crippen LogP contribution in [0.15, 0.2) is 80.9 Å². The highest BCUT2D eigenvalue weighted by Crippen LogP contribution is 2.43. The molecular weight excluding hydrogens is 434 g/mol. The van der Waals surface area contributed by atoms with Crippen LogP contribution in [-0.2, 0) is 0 Å². The van der Waals surface area contributed by atoms with Crippen LogP contribution in [0.5, 0.6) is 11.5 Å². The van der Waals surface area contributed by atoms with Gasteiger partial charge in [-0.1, -0.05) is 24.3 Å². The van der Waals surface area contributed by atoms with Crippen LogP contribution in [0.1, 0.15) is 15.9 Å². The number of benzene rings is 3. The lowest BCUT2D eigenvalue weighted by molar-refractivity contribution is 0.104. The van der Waals surface area contributed by atoms with Crippen LogP contribution in [0.4, 0.5) is 0 Å². The third kappa shape index (κ3) is 2.55. The highest BCUT2D eigenvalue weighted by molar-refractivity contribution is 6.27. The number of ketones is 1. The third-order valence-corrected chi connectivity index (χ3v) is 6.25. The molecular formula is C27H17NO6. The quantitative estimate of drug-likeness (QED) is 0.398. The molecule has 5 aromatic rings. The van der Waals surface area contributed by atoms with Crippen LogP contribution in [-0.4, -0.2) is 24.6 Å². The van der Waals surface area contributed by atoms with Crippen molar-refractivity contribution in [3.8, 4) is 28.4 Å². The molecule has 0 saturated carbocycles. The highest BCUT2D eigenvalue weighted by Gasteiger charge is 2.34. The molecule has 0 bridgehead atoms. The first kappa shape index (κ1) is 20.0. The maximum Gasteiger partial charge on any atom is 0.267 e. The lowest BCUT2D eigenvalue weighted by atomic mass is 10.0. The summed E-state index contributed by atoms with van der Waals surface area (Å²) in [6, 6.07) is 16.8. The summed E-state index contributed by atoms with van der Waals surface area (Å²) in [6.45, 7) is 0. The molecule has 0 aliphatic heterocycles. The molecule has 0 amide bonds. The fraction of sp³-hybridized carbons (Fsp3) is 0.0741. The number of hydrogen-bond donors (Lipinski definition) is 0. The predicted molar refractivity (Wildman–Crippen MR) is 128 cm³/mol. The van der Waals surface area contributed by atoms with Gasteiger partial charge in [0.25, 0.3) is 5.56 Å². The highest BCUT2D eigenvalue weighted by atomic mass is 16.5. The Bertz CT molecular complexity index is 1790. The van der Waals surface area contributed by atoms with Gasteiger partial charge < -0.3 is 13.9 Å². The van der Waals surface area contributed by atoms with Gasteiger partial charge in [-0.25, -0.2) is 0 Å². The molecule has 0 N–H and O–H groups in total. The Morgan fingerprint density at radius 2 is 1.62 bits per heavy atom. The molecule has 2 aromatic heterocycles. The molecule has 166 valence electrons. The molecule has 0 spiro atoms. The van der Waals surface area contributed by atoms with E-state index in [2.05, 4.69) is 0 Å². The summed E-state index contributed by atoms with van der Waals surface area (Å²) in [4.78, 5) is 40.1. The van der Waals surface area contributed by atoms with E-state index in [0.29, 0.717) is 50.2 Å². The van der Waals surface area contributed by atoms with Crippen molar-refractivity contribution in [1.82, 2.24) is 4.57 Å².